The zero-order valence-corrected chi connectivity index (χ0v) is 23.0. The van der Waals surface area contributed by atoms with Gasteiger partial charge in [0.2, 0.25) is 5.91 Å². The van der Waals surface area contributed by atoms with Crippen LogP contribution in [0.25, 0.3) is 16.8 Å². The van der Waals surface area contributed by atoms with E-state index in [9.17, 15) is 22.8 Å². The van der Waals surface area contributed by atoms with Crippen LogP contribution in [0.2, 0.25) is 0 Å². The first kappa shape index (κ1) is 27.5. The minimum absolute atomic E-state index is 0.00749. The van der Waals surface area contributed by atoms with E-state index in [4.69, 9.17) is 15.5 Å². The number of aromatic nitrogens is 5. The third kappa shape index (κ3) is 4.80. The van der Waals surface area contributed by atoms with Crippen LogP contribution in [0.15, 0.2) is 36.7 Å². The molecule has 0 bridgehead atoms. The van der Waals surface area contributed by atoms with Crippen molar-refractivity contribution in [3.63, 3.8) is 0 Å². The van der Waals surface area contributed by atoms with E-state index in [-0.39, 0.29) is 41.7 Å². The Balaban J connectivity index is 1.36. The second-order valence-electron chi connectivity index (χ2n) is 10.5. The molecular weight excluding hydrogens is 553 g/mol. The lowest BCUT2D eigenvalue weighted by atomic mass is 9.92. The first-order valence-corrected chi connectivity index (χ1v) is 13.7. The SMILES string of the molecule is CCOc1cc(C(=O)Nc2cc(C(F)(F)F)n(C)n2)ccc1-c1nc([C@@H]2CC[C@H]3CCC(=O)N3C2)n2ccnc(N)c12. The quantitative estimate of drug-likeness (QED) is 0.347. The van der Waals surface area contributed by atoms with E-state index in [0.29, 0.717) is 40.2 Å². The molecule has 2 fully saturated rings. The summed E-state index contributed by atoms with van der Waals surface area (Å²) in [7, 11) is 1.15. The number of anilines is 2. The van der Waals surface area contributed by atoms with Gasteiger partial charge in [0.1, 0.15) is 34.3 Å². The van der Waals surface area contributed by atoms with E-state index in [1.165, 1.54) is 12.1 Å². The Bertz CT molecular complexity index is 1700. The number of benzene rings is 1. The van der Waals surface area contributed by atoms with Crippen molar-refractivity contribution < 1.29 is 27.5 Å². The van der Waals surface area contributed by atoms with Gasteiger partial charge in [-0.2, -0.15) is 18.3 Å². The van der Waals surface area contributed by atoms with Gasteiger partial charge < -0.3 is 20.7 Å². The molecule has 3 N–H and O–H groups in total. The maximum absolute atomic E-state index is 13.2. The number of aryl methyl sites for hydroxylation is 1. The van der Waals surface area contributed by atoms with Crippen molar-refractivity contribution in [2.45, 2.75) is 50.7 Å². The molecule has 0 aliphatic carbocycles. The lowest BCUT2D eigenvalue weighted by Gasteiger charge is -2.34. The highest BCUT2D eigenvalue weighted by Gasteiger charge is 2.39. The van der Waals surface area contributed by atoms with Crippen LogP contribution < -0.4 is 15.8 Å². The van der Waals surface area contributed by atoms with Gasteiger partial charge in [0.15, 0.2) is 5.82 Å². The minimum atomic E-state index is -4.61. The summed E-state index contributed by atoms with van der Waals surface area (Å²) >= 11 is 0. The molecule has 1 aromatic carbocycles. The van der Waals surface area contributed by atoms with E-state index >= 15 is 0 Å². The highest BCUT2D eigenvalue weighted by Crippen LogP contribution is 2.40. The Morgan fingerprint density at radius 1 is 1.21 bits per heavy atom. The Morgan fingerprint density at radius 3 is 2.76 bits per heavy atom. The van der Waals surface area contributed by atoms with Crippen LogP contribution in [0.3, 0.4) is 0 Å². The number of hydrogen-bond donors (Lipinski definition) is 2. The number of imidazole rings is 1. The maximum Gasteiger partial charge on any atom is 0.433 e. The molecule has 5 heterocycles. The smallest absolute Gasteiger partial charge is 0.433 e. The number of rotatable bonds is 6. The molecule has 2 amide bonds. The third-order valence-electron chi connectivity index (χ3n) is 7.90. The molecular formula is C28H29F3N8O3. The van der Waals surface area contributed by atoms with Gasteiger partial charge in [0, 0.05) is 61.6 Å². The summed E-state index contributed by atoms with van der Waals surface area (Å²) in [6.45, 7) is 2.65. The summed E-state index contributed by atoms with van der Waals surface area (Å²) < 4.78 is 48.0. The lowest BCUT2D eigenvalue weighted by Crippen LogP contribution is -2.41. The molecule has 220 valence electrons. The molecule has 2 aliphatic heterocycles. The van der Waals surface area contributed by atoms with Gasteiger partial charge >= 0.3 is 6.18 Å². The number of carbonyl (C=O) groups excluding carboxylic acids is 2. The number of nitrogens with one attached hydrogen (secondary N) is 1. The molecule has 0 spiro atoms. The van der Waals surface area contributed by atoms with Gasteiger partial charge in [0.25, 0.3) is 5.91 Å². The fraction of sp³-hybridized carbons (Fsp3) is 0.393. The summed E-state index contributed by atoms with van der Waals surface area (Å²) in [4.78, 5) is 36.7. The second-order valence-corrected chi connectivity index (χ2v) is 10.5. The number of piperidine rings is 1. The van der Waals surface area contributed by atoms with Gasteiger partial charge in [-0.15, -0.1) is 0 Å². The highest BCUT2D eigenvalue weighted by atomic mass is 19.4. The standard InChI is InChI=1S/C28H29F3N8O3/c1-3-42-19-12-15(27(41)34-21-13-20(28(29,30)31)37(2)36-21)5-8-18(19)23-24-25(32)33-10-11-38(24)26(35-23)16-4-6-17-7-9-22(40)39(17)14-16/h5,8,10-13,16-17H,3-4,6-7,9,14H2,1-2H3,(H2,32,33)(H,34,36,41)/t16-,17+/m1/s1. The molecule has 6 rings (SSSR count). The largest absolute Gasteiger partial charge is 0.493 e. The van der Waals surface area contributed by atoms with Crippen LogP contribution >= 0.6 is 0 Å². The second kappa shape index (κ2) is 10.3. The van der Waals surface area contributed by atoms with Crippen molar-refractivity contribution in [3.05, 3.63) is 53.7 Å². The predicted molar refractivity (Wildman–Crippen MR) is 147 cm³/mol. The van der Waals surface area contributed by atoms with E-state index < -0.39 is 17.8 Å². The fourth-order valence-corrected chi connectivity index (χ4v) is 5.96. The molecule has 0 radical (unpaired) electrons. The van der Waals surface area contributed by atoms with Gasteiger partial charge in [-0.1, -0.05) is 0 Å². The molecule has 11 nitrogen and oxygen atoms in total. The Labute approximate surface area is 238 Å². The van der Waals surface area contributed by atoms with Crippen molar-refractivity contribution in [1.29, 1.82) is 0 Å². The van der Waals surface area contributed by atoms with Crippen molar-refractivity contribution in [3.8, 4) is 17.0 Å². The van der Waals surface area contributed by atoms with Gasteiger partial charge in [0.05, 0.1) is 6.61 Å². The molecule has 0 saturated carbocycles. The van der Waals surface area contributed by atoms with Crippen molar-refractivity contribution in [1.82, 2.24) is 29.0 Å². The van der Waals surface area contributed by atoms with E-state index in [1.807, 2.05) is 9.30 Å². The zero-order chi connectivity index (χ0) is 29.8. The molecule has 2 aliphatic rings. The summed E-state index contributed by atoms with van der Waals surface area (Å²) in [5, 5.41) is 6.18. The Kier molecular flexibility index (Phi) is 6.78. The van der Waals surface area contributed by atoms with Crippen LogP contribution in [0.5, 0.6) is 5.75 Å². The van der Waals surface area contributed by atoms with Crippen molar-refractivity contribution in [2.75, 3.05) is 24.2 Å². The van der Waals surface area contributed by atoms with Crippen LogP contribution in [0.4, 0.5) is 24.8 Å². The van der Waals surface area contributed by atoms with Crippen LogP contribution in [-0.4, -0.2) is 60.1 Å². The average molecular weight is 583 g/mol. The molecule has 14 heteroatoms. The number of carbonyl (C=O) groups is 2. The zero-order valence-electron chi connectivity index (χ0n) is 23.0. The predicted octanol–water partition coefficient (Wildman–Crippen LogP) is 4.25. The van der Waals surface area contributed by atoms with Crippen LogP contribution in [-0.2, 0) is 18.0 Å². The number of ether oxygens (including phenoxy) is 1. The third-order valence-corrected chi connectivity index (χ3v) is 7.90. The molecule has 42 heavy (non-hydrogen) atoms. The number of hydrogen-bond acceptors (Lipinski definition) is 7. The molecule has 0 unspecified atom stereocenters. The van der Waals surface area contributed by atoms with Crippen molar-refractivity contribution in [2.24, 2.45) is 7.05 Å². The number of halogens is 3. The molecule has 2 atom stereocenters. The number of amides is 2. The first-order valence-electron chi connectivity index (χ1n) is 13.7. The monoisotopic (exact) mass is 582 g/mol. The fourth-order valence-electron chi connectivity index (χ4n) is 5.96. The Morgan fingerprint density at radius 2 is 2.02 bits per heavy atom. The topological polar surface area (TPSA) is 133 Å². The average Bonchev–Trinajstić information content (AvgIpc) is 3.64. The normalized spacial score (nSPS) is 18.9. The summed E-state index contributed by atoms with van der Waals surface area (Å²) in [5.74, 6) is 0.635. The van der Waals surface area contributed by atoms with E-state index in [1.54, 1.807) is 25.4 Å². The number of nitrogens with two attached hydrogens (primary N) is 1. The molecule has 2 saturated heterocycles. The number of fused-ring (bicyclic) bond motifs is 2. The summed E-state index contributed by atoms with van der Waals surface area (Å²) in [5.41, 5.74) is 7.18. The number of alkyl halides is 3. The molecule has 3 aromatic heterocycles. The van der Waals surface area contributed by atoms with Crippen molar-refractivity contribution >= 4 is 29.0 Å². The Hall–Kier alpha value is -4.62. The van der Waals surface area contributed by atoms with Gasteiger partial charge in [-0.05, 0) is 44.4 Å². The highest BCUT2D eigenvalue weighted by molar-refractivity contribution is 6.04. The van der Waals surface area contributed by atoms with Crippen LogP contribution in [0.1, 0.15) is 60.4 Å². The number of nitrogen functional groups attached to an aromatic ring is 1. The molecule has 4 aromatic rings. The lowest BCUT2D eigenvalue weighted by molar-refractivity contribution is -0.143. The number of nitrogens with zero attached hydrogens (tertiary/aromatic N) is 6. The minimum Gasteiger partial charge on any atom is -0.493 e. The van der Waals surface area contributed by atoms with Gasteiger partial charge in [-0.25, -0.2) is 9.97 Å². The summed E-state index contributed by atoms with van der Waals surface area (Å²) in [6, 6.07) is 5.76. The summed E-state index contributed by atoms with van der Waals surface area (Å²) in [6.07, 6.45) is 2.01. The van der Waals surface area contributed by atoms with E-state index in [0.717, 1.165) is 38.2 Å². The van der Waals surface area contributed by atoms with Gasteiger partial charge in [-0.3, -0.25) is 18.7 Å². The van der Waals surface area contributed by atoms with E-state index in [2.05, 4.69) is 15.4 Å². The van der Waals surface area contributed by atoms with Crippen LogP contribution in [0, 0.1) is 0 Å². The maximum atomic E-state index is 13.2. The first-order chi connectivity index (χ1) is 20.0.